The molecular formula is C15H24N4O5S. The van der Waals surface area contributed by atoms with E-state index in [1.807, 2.05) is 0 Å². The minimum atomic E-state index is -3.65. The highest BCUT2D eigenvalue weighted by atomic mass is 32.2. The average molecular weight is 372 g/mol. The highest BCUT2D eigenvalue weighted by Crippen LogP contribution is 2.22. The third-order valence-electron chi connectivity index (χ3n) is 4.24. The maximum absolute atomic E-state index is 12.9. The summed E-state index contributed by atoms with van der Waals surface area (Å²) in [6.45, 7) is 4.65. The van der Waals surface area contributed by atoms with E-state index in [1.165, 1.54) is 11.4 Å². The van der Waals surface area contributed by atoms with E-state index in [0.29, 0.717) is 37.4 Å². The fourth-order valence-corrected chi connectivity index (χ4v) is 4.70. The standard InChI is InChI=1S/C15H24N4O5S/c1-11-15(12(2)17-16-11)25(22,23)19-8-4-7-18(9-10-19)13(20)5-6-14(21)24-3/h4-10H2,1-3H3,(H,16,17). The number of hydrogen-bond acceptors (Lipinski definition) is 6. The molecule has 0 spiro atoms. The number of methoxy groups -OCH3 is 1. The van der Waals surface area contributed by atoms with Crippen LogP contribution in [-0.4, -0.2) is 73.0 Å². The van der Waals surface area contributed by atoms with Gasteiger partial charge in [-0.1, -0.05) is 0 Å². The highest BCUT2D eigenvalue weighted by Gasteiger charge is 2.31. The molecule has 0 bridgehead atoms. The second kappa shape index (κ2) is 7.96. The van der Waals surface area contributed by atoms with Crippen LogP contribution >= 0.6 is 0 Å². The molecule has 1 amide bonds. The Morgan fingerprint density at radius 1 is 1.16 bits per heavy atom. The van der Waals surface area contributed by atoms with Crippen molar-refractivity contribution < 1.29 is 22.7 Å². The molecule has 0 radical (unpaired) electrons. The van der Waals surface area contributed by atoms with Gasteiger partial charge in [0.05, 0.1) is 24.9 Å². The number of amides is 1. The number of rotatable bonds is 5. The van der Waals surface area contributed by atoms with E-state index >= 15 is 0 Å². The number of esters is 1. The van der Waals surface area contributed by atoms with Gasteiger partial charge in [0.1, 0.15) is 4.90 Å². The molecule has 0 aromatic carbocycles. The molecule has 2 rings (SSSR count). The monoisotopic (exact) mass is 372 g/mol. The number of ether oxygens (including phenoxy) is 1. The van der Waals surface area contributed by atoms with Crippen LogP contribution in [0.2, 0.25) is 0 Å². The summed E-state index contributed by atoms with van der Waals surface area (Å²) in [6.07, 6.45) is 0.639. The number of aromatic amines is 1. The Bertz CT molecular complexity index is 724. The van der Waals surface area contributed by atoms with Gasteiger partial charge in [-0.2, -0.15) is 9.40 Å². The van der Waals surface area contributed by atoms with Gasteiger partial charge in [0.2, 0.25) is 15.9 Å². The molecule has 0 unspecified atom stereocenters. The first-order chi connectivity index (χ1) is 11.8. The summed E-state index contributed by atoms with van der Waals surface area (Å²) in [5.41, 5.74) is 0.945. The third-order valence-corrected chi connectivity index (χ3v) is 6.40. The lowest BCUT2D eigenvalue weighted by Gasteiger charge is -2.22. The normalized spacial score (nSPS) is 16.5. The largest absolute Gasteiger partial charge is 0.469 e. The molecule has 1 aromatic heterocycles. The van der Waals surface area contributed by atoms with E-state index in [4.69, 9.17) is 0 Å². The number of carbonyl (C=O) groups is 2. The van der Waals surface area contributed by atoms with Crippen LogP contribution in [0.15, 0.2) is 4.90 Å². The molecule has 1 aromatic rings. The van der Waals surface area contributed by atoms with Crippen molar-refractivity contribution in [2.24, 2.45) is 0 Å². The number of nitrogens with zero attached hydrogens (tertiary/aromatic N) is 3. The molecular weight excluding hydrogens is 348 g/mol. The Morgan fingerprint density at radius 2 is 1.88 bits per heavy atom. The van der Waals surface area contributed by atoms with Crippen molar-refractivity contribution in [3.8, 4) is 0 Å². The number of hydrogen-bond donors (Lipinski definition) is 1. The zero-order valence-corrected chi connectivity index (χ0v) is 15.6. The lowest BCUT2D eigenvalue weighted by molar-refractivity contribution is -0.143. The summed E-state index contributed by atoms with van der Waals surface area (Å²) in [6, 6.07) is 0. The molecule has 2 heterocycles. The van der Waals surface area contributed by atoms with Crippen molar-refractivity contribution in [1.82, 2.24) is 19.4 Å². The van der Waals surface area contributed by atoms with Gasteiger partial charge in [-0.25, -0.2) is 8.42 Å². The Hall–Kier alpha value is -1.94. The van der Waals surface area contributed by atoms with Gasteiger partial charge in [0.25, 0.3) is 0 Å². The van der Waals surface area contributed by atoms with Gasteiger partial charge in [-0.3, -0.25) is 14.7 Å². The van der Waals surface area contributed by atoms with Gasteiger partial charge in [-0.15, -0.1) is 0 Å². The maximum atomic E-state index is 12.9. The third kappa shape index (κ3) is 4.37. The molecule has 1 N–H and O–H groups in total. The Balaban J connectivity index is 2.04. The van der Waals surface area contributed by atoms with Crippen LogP contribution in [0.1, 0.15) is 30.7 Å². The van der Waals surface area contributed by atoms with Crippen molar-refractivity contribution in [3.05, 3.63) is 11.4 Å². The molecule has 0 atom stereocenters. The van der Waals surface area contributed by atoms with Crippen molar-refractivity contribution in [2.75, 3.05) is 33.3 Å². The van der Waals surface area contributed by atoms with Crippen LogP contribution in [0.3, 0.4) is 0 Å². The lowest BCUT2D eigenvalue weighted by atomic mass is 10.2. The smallest absolute Gasteiger partial charge is 0.306 e. The van der Waals surface area contributed by atoms with Crippen molar-refractivity contribution in [1.29, 1.82) is 0 Å². The zero-order valence-electron chi connectivity index (χ0n) is 14.7. The number of aromatic nitrogens is 2. The van der Waals surface area contributed by atoms with E-state index < -0.39 is 16.0 Å². The number of aryl methyl sites for hydroxylation is 2. The molecule has 9 nitrogen and oxygen atoms in total. The van der Waals surface area contributed by atoms with E-state index in [1.54, 1.807) is 18.7 Å². The quantitative estimate of drug-likeness (QED) is 0.739. The first kappa shape index (κ1) is 19.4. The summed E-state index contributed by atoms with van der Waals surface area (Å²) in [5.74, 6) is -0.599. The summed E-state index contributed by atoms with van der Waals surface area (Å²) >= 11 is 0. The summed E-state index contributed by atoms with van der Waals surface area (Å²) in [4.78, 5) is 25.2. The van der Waals surface area contributed by atoms with Crippen LogP contribution in [0, 0.1) is 13.8 Å². The van der Waals surface area contributed by atoms with Gasteiger partial charge < -0.3 is 9.64 Å². The zero-order chi connectivity index (χ0) is 18.6. The van der Waals surface area contributed by atoms with Crippen molar-refractivity contribution in [2.45, 2.75) is 38.0 Å². The van der Waals surface area contributed by atoms with E-state index in [-0.39, 0.29) is 30.2 Å². The van der Waals surface area contributed by atoms with E-state index in [2.05, 4.69) is 14.9 Å². The summed E-state index contributed by atoms with van der Waals surface area (Å²) < 4.78 is 31.7. The van der Waals surface area contributed by atoms with E-state index in [0.717, 1.165) is 0 Å². The number of nitrogens with one attached hydrogen (secondary N) is 1. The maximum Gasteiger partial charge on any atom is 0.306 e. The first-order valence-electron chi connectivity index (χ1n) is 8.13. The lowest BCUT2D eigenvalue weighted by Crippen LogP contribution is -2.37. The molecule has 10 heteroatoms. The highest BCUT2D eigenvalue weighted by molar-refractivity contribution is 7.89. The second-order valence-corrected chi connectivity index (χ2v) is 7.85. The van der Waals surface area contributed by atoms with Crippen LogP contribution in [0.4, 0.5) is 0 Å². The van der Waals surface area contributed by atoms with Gasteiger partial charge >= 0.3 is 5.97 Å². The molecule has 25 heavy (non-hydrogen) atoms. The van der Waals surface area contributed by atoms with Crippen LogP contribution in [0.5, 0.6) is 0 Å². The van der Waals surface area contributed by atoms with E-state index in [9.17, 15) is 18.0 Å². The summed E-state index contributed by atoms with van der Waals surface area (Å²) in [7, 11) is -2.38. The van der Waals surface area contributed by atoms with Crippen LogP contribution < -0.4 is 0 Å². The summed E-state index contributed by atoms with van der Waals surface area (Å²) in [5, 5.41) is 6.65. The molecule has 140 valence electrons. The average Bonchev–Trinajstić information content (AvgIpc) is 2.79. The molecule has 1 aliphatic rings. The van der Waals surface area contributed by atoms with Crippen molar-refractivity contribution >= 4 is 21.9 Å². The minimum absolute atomic E-state index is 0.0290. The van der Waals surface area contributed by atoms with Crippen LogP contribution in [0.25, 0.3) is 0 Å². The second-order valence-electron chi connectivity index (χ2n) is 5.98. The number of H-pyrrole nitrogens is 1. The Morgan fingerprint density at radius 3 is 2.48 bits per heavy atom. The predicted molar refractivity (Wildman–Crippen MR) is 89.3 cm³/mol. The molecule has 1 saturated heterocycles. The first-order valence-corrected chi connectivity index (χ1v) is 9.57. The minimum Gasteiger partial charge on any atom is -0.469 e. The topological polar surface area (TPSA) is 113 Å². The number of sulfonamides is 1. The van der Waals surface area contributed by atoms with Gasteiger partial charge in [0.15, 0.2) is 0 Å². The molecule has 1 aliphatic heterocycles. The predicted octanol–water partition coefficient (Wildman–Crippen LogP) is 0.203. The van der Waals surface area contributed by atoms with Gasteiger partial charge in [-0.05, 0) is 20.3 Å². The van der Waals surface area contributed by atoms with Crippen molar-refractivity contribution in [3.63, 3.8) is 0 Å². The molecule has 0 aliphatic carbocycles. The Labute approximate surface area is 147 Å². The SMILES string of the molecule is COC(=O)CCC(=O)N1CCCN(S(=O)(=O)c2c(C)n[nH]c2C)CC1. The van der Waals surface area contributed by atoms with Crippen LogP contribution in [-0.2, 0) is 24.3 Å². The number of carbonyl (C=O) groups excluding carboxylic acids is 2. The fourth-order valence-electron chi connectivity index (χ4n) is 2.90. The molecule has 1 fully saturated rings. The fraction of sp³-hybridized carbons (Fsp3) is 0.667. The van der Waals surface area contributed by atoms with Gasteiger partial charge in [0, 0.05) is 32.6 Å². The molecule has 0 saturated carbocycles. The Kier molecular flexibility index (Phi) is 6.17.